The Labute approximate surface area is 261 Å². The summed E-state index contributed by atoms with van der Waals surface area (Å²) in [7, 11) is -1.73. The molecule has 0 spiro atoms. The summed E-state index contributed by atoms with van der Waals surface area (Å²) in [5.41, 5.74) is 2.26. The fraction of sp³-hybridized carbons (Fsp3) is 0.545. The Kier molecular flexibility index (Phi) is 6.27. The van der Waals surface area contributed by atoms with Gasteiger partial charge >= 0.3 is 21.4 Å². The van der Waals surface area contributed by atoms with Crippen LogP contribution < -0.4 is 16.4 Å². The predicted molar refractivity (Wildman–Crippen MR) is 177 cm³/mol. The molecule has 3 fully saturated rings. The number of nitrogens with zero attached hydrogens (tertiary/aromatic N) is 2. The lowest BCUT2D eigenvalue weighted by molar-refractivity contribution is 0.00578. The van der Waals surface area contributed by atoms with Gasteiger partial charge in [-0.2, -0.15) is 0 Å². The normalized spacial score (nSPS) is 24.8. The lowest BCUT2D eigenvalue weighted by atomic mass is 9.71. The fourth-order valence-corrected chi connectivity index (χ4v) is 6.12. The second-order valence-corrected chi connectivity index (χ2v) is 15.7. The van der Waals surface area contributed by atoms with Crippen LogP contribution in [0.5, 0.6) is 0 Å². The number of pyridine rings is 1. The number of benzene rings is 2. The van der Waals surface area contributed by atoms with Gasteiger partial charge in [0.25, 0.3) is 0 Å². The summed E-state index contributed by atoms with van der Waals surface area (Å²) >= 11 is 0. The van der Waals surface area contributed by atoms with Gasteiger partial charge in [0.15, 0.2) is 0 Å². The molecule has 230 valence electrons. The van der Waals surface area contributed by atoms with Gasteiger partial charge in [0.2, 0.25) is 0 Å². The van der Waals surface area contributed by atoms with Gasteiger partial charge in [-0.1, -0.05) is 30.3 Å². The van der Waals surface area contributed by atoms with Crippen molar-refractivity contribution in [3.8, 4) is 0 Å². The molecule has 0 amide bonds. The first-order valence-corrected chi connectivity index (χ1v) is 15.7. The first-order chi connectivity index (χ1) is 20.2. The third-order valence-corrected chi connectivity index (χ3v) is 11.1. The van der Waals surface area contributed by atoms with Gasteiger partial charge in [-0.05, 0) is 100 Å². The maximum absolute atomic E-state index is 6.60. The van der Waals surface area contributed by atoms with Crippen molar-refractivity contribution in [1.82, 2.24) is 9.38 Å². The van der Waals surface area contributed by atoms with Crippen LogP contribution in [0.2, 0.25) is 0 Å². The van der Waals surface area contributed by atoms with E-state index in [4.69, 9.17) is 32.9 Å². The van der Waals surface area contributed by atoms with Crippen molar-refractivity contribution in [3.63, 3.8) is 0 Å². The first kappa shape index (κ1) is 30.3. The Balaban J connectivity index is 1.49. The third-order valence-electron chi connectivity index (χ3n) is 11.1. The molecule has 3 saturated heterocycles. The van der Waals surface area contributed by atoms with E-state index in [9.17, 15) is 0 Å². The Hall–Kier alpha value is -2.40. The minimum absolute atomic E-state index is 0.474. The summed E-state index contributed by atoms with van der Waals surface area (Å²) < 4.78 is 41.5. The van der Waals surface area contributed by atoms with Crippen LogP contribution in [0.1, 0.15) is 83.1 Å². The van der Waals surface area contributed by atoms with Crippen molar-refractivity contribution in [2.45, 2.75) is 117 Å². The number of fused-ring (bicyclic) bond motifs is 5. The van der Waals surface area contributed by atoms with Gasteiger partial charge in [-0.25, -0.2) is 4.98 Å². The molecule has 11 heteroatoms. The van der Waals surface area contributed by atoms with E-state index in [0.29, 0.717) is 0 Å². The zero-order chi connectivity index (χ0) is 31.8. The van der Waals surface area contributed by atoms with Crippen LogP contribution in [0, 0.1) is 0 Å². The monoisotopic (exact) mass is 596 g/mol. The highest BCUT2D eigenvalue weighted by Crippen LogP contribution is 2.40. The quantitative estimate of drug-likeness (QED) is 0.322. The molecule has 0 unspecified atom stereocenters. The minimum atomic E-state index is -0.622. The van der Waals surface area contributed by atoms with Crippen molar-refractivity contribution in [2.24, 2.45) is 0 Å². The van der Waals surface area contributed by atoms with Crippen LogP contribution in [0.3, 0.4) is 0 Å². The molecule has 0 atom stereocenters. The lowest BCUT2D eigenvalue weighted by Gasteiger charge is -2.32. The predicted octanol–water partition coefficient (Wildman–Crippen LogP) is 4.54. The summed E-state index contributed by atoms with van der Waals surface area (Å²) in [6.07, 6.45) is 2.11. The molecule has 0 saturated carbocycles. The third kappa shape index (κ3) is 4.27. The van der Waals surface area contributed by atoms with E-state index in [2.05, 4.69) is 118 Å². The molecule has 0 radical (unpaired) electrons. The van der Waals surface area contributed by atoms with Crippen molar-refractivity contribution in [2.75, 3.05) is 0 Å². The second kappa shape index (κ2) is 9.11. The van der Waals surface area contributed by atoms with E-state index < -0.39 is 55.0 Å². The summed E-state index contributed by atoms with van der Waals surface area (Å²) in [5.74, 6) is 0. The molecular weight excluding hydrogens is 553 g/mol. The molecule has 0 N–H and O–H groups in total. The highest BCUT2D eigenvalue weighted by atomic mass is 16.7. The molecular formula is C33H43B3N2O6. The van der Waals surface area contributed by atoms with Gasteiger partial charge in [0.05, 0.1) is 44.6 Å². The fourth-order valence-electron chi connectivity index (χ4n) is 6.12. The lowest BCUT2D eigenvalue weighted by Crippen LogP contribution is -2.41. The van der Waals surface area contributed by atoms with Crippen LogP contribution >= 0.6 is 0 Å². The van der Waals surface area contributed by atoms with Crippen molar-refractivity contribution < 1.29 is 27.9 Å². The van der Waals surface area contributed by atoms with E-state index in [1.807, 2.05) is 12.1 Å². The Bertz CT molecular complexity index is 1780. The topological polar surface area (TPSA) is 72.7 Å². The van der Waals surface area contributed by atoms with Crippen LogP contribution in [0.25, 0.3) is 27.5 Å². The number of aromatic nitrogens is 2. The van der Waals surface area contributed by atoms with Gasteiger partial charge in [0.1, 0.15) is 5.65 Å². The molecule has 0 bridgehead atoms. The van der Waals surface area contributed by atoms with Crippen LogP contribution in [0.4, 0.5) is 0 Å². The summed E-state index contributed by atoms with van der Waals surface area (Å²) in [5, 5.41) is 2.05. The number of imidazole rings is 1. The highest BCUT2D eigenvalue weighted by molar-refractivity contribution is 6.68. The van der Waals surface area contributed by atoms with E-state index in [1.54, 1.807) is 0 Å². The molecule has 2 aromatic carbocycles. The van der Waals surface area contributed by atoms with Crippen LogP contribution in [-0.4, -0.2) is 64.3 Å². The van der Waals surface area contributed by atoms with E-state index in [-0.39, 0.29) is 0 Å². The Morgan fingerprint density at radius 3 is 1.48 bits per heavy atom. The zero-order valence-corrected chi connectivity index (χ0v) is 28.1. The number of hydrogen-bond acceptors (Lipinski definition) is 7. The van der Waals surface area contributed by atoms with Crippen LogP contribution in [-0.2, 0) is 27.9 Å². The first-order valence-electron chi connectivity index (χ1n) is 15.7. The smallest absolute Gasteiger partial charge is 0.399 e. The number of rotatable bonds is 3. The summed E-state index contributed by atoms with van der Waals surface area (Å²) in [6, 6.07) is 12.5. The molecule has 44 heavy (non-hydrogen) atoms. The maximum Gasteiger partial charge on any atom is 0.497 e. The summed E-state index contributed by atoms with van der Waals surface area (Å²) in [4.78, 5) is 5.27. The van der Waals surface area contributed by atoms with Gasteiger partial charge < -0.3 is 27.9 Å². The Morgan fingerprint density at radius 1 is 0.545 bits per heavy atom. The zero-order valence-electron chi connectivity index (χ0n) is 28.1. The van der Waals surface area contributed by atoms with Crippen LogP contribution in [0.15, 0.2) is 42.6 Å². The maximum atomic E-state index is 6.60. The molecule has 4 aromatic rings. The molecule has 3 aliphatic heterocycles. The SMILES string of the molecule is CC1(C)OB(c2cc(B3OC(C)(C)C(C)(C)O3)c3nc4c5ccccc5c(B5OC(C)(C)C(C)(C)O5)cn4c3c2)OC1(C)C. The Morgan fingerprint density at radius 2 is 0.977 bits per heavy atom. The highest BCUT2D eigenvalue weighted by Gasteiger charge is 2.55. The van der Waals surface area contributed by atoms with E-state index in [0.717, 1.165) is 43.8 Å². The average Bonchev–Trinajstić information content (AvgIpc) is 3.53. The van der Waals surface area contributed by atoms with Crippen molar-refractivity contribution in [3.05, 3.63) is 42.6 Å². The molecule has 8 nitrogen and oxygen atoms in total. The molecule has 5 heterocycles. The molecule has 0 aliphatic carbocycles. The molecule has 3 aliphatic rings. The van der Waals surface area contributed by atoms with E-state index in [1.165, 1.54) is 0 Å². The van der Waals surface area contributed by atoms with Crippen molar-refractivity contribution in [1.29, 1.82) is 0 Å². The van der Waals surface area contributed by atoms with E-state index >= 15 is 0 Å². The minimum Gasteiger partial charge on any atom is -0.399 e. The molecule has 7 rings (SSSR count). The van der Waals surface area contributed by atoms with Gasteiger partial charge in [-0.15, -0.1) is 0 Å². The average molecular weight is 596 g/mol. The van der Waals surface area contributed by atoms with Crippen molar-refractivity contribution >= 4 is 65.2 Å². The second-order valence-electron chi connectivity index (χ2n) is 15.7. The largest absolute Gasteiger partial charge is 0.497 e. The van der Waals surface area contributed by atoms with Gasteiger partial charge in [0, 0.05) is 22.5 Å². The summed E-state index contributed by atoms with van der Waals surface area (Å²) in [6.45, 7) is 24.8. The standard InChI is InChI=1S/C33H43B3N2O6/c1-28(2)29(3,4)40-34(39-28)20-17-23(35-41-30(5,6)31(7,8)42-35)26-25(18-20)38-19-24(36-43-32(9,10)33(11,12)44-36)21-15-13-14-16-22(21)27(38)37-26/h13-19H,1-12H3. The van der Waals surface area contributed by atoms with Gasteiger partial charge in [-0.3, -0.25) is 4.40 Å². The molecule has 2 aromatic heterocycles. The number of hydrogen-bond donors (Lipinski definition) is 0.